The maximum atomic E-state index is 11.7. The molecular weight excluding hydrogens is 216 g/mol. The Morgan fingerprint density at radius 2 is 1.82 bits per heavy atom. The Labute approximate surface area is 104 Å². The van der Waals surface area contributed by atoms with Crippen molar-refractivity contribution >= 4 is 5.91 Å². The lowest BCUT2D eigenvalue weighted by Gasteiger charge is -2.33. The van der Waals surface area contributed by atoms with Gasteiger partial charge in [0.2, 0.25) is 5.91 Å². The van der Waals surface area contributed by atoms with Crippen molar-refractivity contribution in [2.75, 3.05) is 26.3 Å². The average Bonchev–Trinajstić information content (AvgIpc) is 2.31. The van der Waals surface area contributed by atoms with Crippen LogP contribution >= 0.6 is 0 Å². The van der Waals surface area contributed by atoms with Crippen LogP contribution in [0.25, 0.3) is 0 Å². The number of hydrogen-bond acceptors (Lipinski definition) is 3. The lowest BCUT2D eigenvalue weighted by Crippen LogP contribution is -2.47. The Balaban J connectivity index is 2.24. The quantitative estimate of drug-likeness (QED) is 0.768. The van der Waals surface area contributed by atoms with Crippen LogP contribution in [-0.4, -0.2) is 42.6 Å². The first kappa shape index (κ1) is 14.5. The molecule has 1 aliphatic carbocycles. The van der Waals surface area contributed by atoms with Gasteiger partial charge >= 0.3 is 0 Å². The third-order valence-corrected chi connectivity index (χ3v) is 3.58. The fraction of sp³-hybridized carbons (Fsp3) is 0.923. The molecule has 0 bridgehead atoms. The number of nitrogens with two attached hydrogens (primary N) is 1. The number of likely N-dealkylation sites (N-methyl/N-ethyl adjacent to an activating group) is 1. The Bertz CT molecular complexity index is 234. The molecule has 0 aliphatic heterocycles. The SMILES string of the molecule is CCN(CC)C(=O)COCC1(N)CCCCC1. The predicted molar refractivity (Wildman–Crippen MR) is 68.8 cm³/mol. The maximum Gasteiger partial charge on any atom is 0.248 e. The van der Waals surface area contributed by atoms with Gasteiger partial charge in [0.1, 0.15) is 6.61 Å². The van der Waals surface area contributed by atoms with E-state index in [1.807, 2.05) is 13.8 Å². The second kappa shape index (κ2) is 6.97. The maximum absolute atomic E-state index is 11.7. The fourth-order valence-corrected chi connectivity index (χ4v) is 2.41. The number of carbonyl (C=O) groups excluding carboxylic acids is 1. The second-order valence-electron chi connectivity index (χ2n) is 4.98. The monoisotopic (exact) mass is 242 g/mol. The number of rotatable bonds is 6. The number of ether oxygens (including phenoxy) is 1. The summed E-state index contributed by atoms with van der Waals surface area (Å²) in [6.45, 7) is 6.12. The van der Waals surface area contributed by atoms with Crippen molar-refractivity contribution in [3.63, 3.8) is 0 Å². The van der Waals surface area contributed by atoms with Crippen LogP contribution in [-0.2, 0) is 9.53 Å². The predicted octanol–water partition coefficient (Wildman–Crippen LogP) is 1.53. The van der Waals surface area contributed by atoms with Gasteiger partial charge in [0.25, 0.3) is 0 Å². The minimum Gasteiger partial charge on any atom is -0.370 e. The van der Waals surface area contributed by atoms with Crippen molar-refractivity contribution in [1.29, 1.82) is 0 Å². The van der Waals surface area contributed by atoms with Gasteiger partial charge in [0.15, 0.2) is 0 Å². The van der Waals surface area contributed by atoms with Crippen molar-refractivity contribution in [3.05, 3.63) is 0 Å². The molecule has 4 heteroatoms. The van der Waals surface area contributed by atoms with Crippen LogP contribution < -0.4 is 5.73 Å². The van der Waals surface area contributed by atoms with Gasteiger partial charge in [-0.15, -0.1) is 0 Å². The van der Waals surface area contributed by atoms with Gasteiger partial charge in [-0.1, -0.05) is 19.3 Å². The highest BCUT2D eigenvalue weighted by molar-refractivity contribution is 5.77. The van der Waals surface area contributed by atoms with E-state index in [0.717, 1.165) is 25.9 Å². The molecule has 0 aromatic heterocycles. The molecule has 1 fully saturated rings. The normalized spacial score (nSPS) is 19.0. The topological polar surface area (TPSA) is 55.6 Å². The van der Waals surface area contributed by atoms with Crippen LogP contribution in [0.5, 0.6) is 0 Å². The fourth-order valence-electron chi connectivity index (χ4n) is 2.41. The van der Waals surface area contributed by atoms with Crippen molar-refractivity contribution < 1.29 is 9.53 Å². The summed E-state index contributed by atoms with van der Waals surface area (Å²) in [4.78, 5) is 13.5. The molecule has 0 aromatic rings. The van der Waals surface area contributed by atoms with Crippen molar-refractivity contribution in [2.24, 2.45) is 5.73 Å². The van der Waals surface area contributed by atoms with Crippen LogP contribution in [0.2, 0.25) is 0 Å². The van der Waals surface area contributed by atoms with Gasteiger partial charge in [-0.25, -0.2) is 0 Å². The molecule has 1 amide bonds. The summed E-state index contributed by atoms with van der Waals surface area (Å²) in [6, 6.07) is 0. The molecule has 0 unspecified atom stereocenters. The van der Waals surface area contributed by atoms with Crippen LogP contribution in [0.1, 0.15) is 46.0 Å². The number of carbonyl (C=O) groups is 1. The number of amides is 1. The number of hydrogen-bond donors (Lipinski definition) is 1. The molecule has 2 N–H and O–H groups in total. The van der Waals surface area contributed by atoms with E-state index in [4.69, 9.17) is 10.5 Å². The van der Waals surface area contributed by atoms with Crippen molar-refractivity contribution in [2.45, 2.75) is 51.5 Å². The Morgan fingerprint density at radius 3 is 2.35 bits per heavy atom. The van der Waals surface area contributed by atoms with E-state index in [9.17, 15) is 4.79 Å². The summed E-state index contributed by atoms with van der Waals surface area (Å²) in [5, 5.41) is 0. The van der Waals surface area contributed by atoms with Gasteiger partial charge in [-0.2, -0.15) is 0 Å². The molecule has 1 rings (SSSR count). The molecule has 17 heavy (non-hydrogen) atoms. The van der Waals surface area contributed by atoms with Gasteiger partial charge in [0, 0.05) is 18.6 Å². The molecule has 0 radical (unpaired) electrons. The zero-order valence-corrected chi connectivity index (χ0v) is 11.2. The van der Waals surface area contributed by atoms with E-state index in [0.29, 0.717) is 6.61 Å². The largest absolute Gasteiger partial charge is 0.370 e. The summed E-state index contributed by atoms with van der Waals surface area (Å²) in [5.74, 6) is 0.0643. The molecule has 0 saturated heterocycles. The minimum atomic E-state index is -0.193. The molecule has 0 heterocycles. The summed E-state index contributed by atoms with van der Waals surface area (Å²) in [5.41, 5.74) is 6.04. The van der Waals surface area contributed by atoms with Crippen LogP contribution in [0.3, 0.4) is 0 Å². The zero-order valence-electron chi connectivity index (χ0n) is 11.2. The van der Waals surface area contributed by atoms with E-state index < -0.39 is 0 Å². The first-order valence-corrected chi connectivity index (χ1v) is 6.75. The second-order valence-corrected chi connectivity index (χ2v) is 4.98. The van der Waals surface area contributed by atoms with Crippen LogP contribution in [0.15, 0.2) is 0 Å². The molecule has 0 atom stereocenters. The highest BCUT2D eigenvalue weighted by Crippen LogP contribution is 2.25. The standard InChI is InChI=1S/C13H26N2O2/c1-3-15(4-2)12(16)10-17-11-13(14)8-6-5-7-9-13/h3-11,14H2,1-2H3. The van der Waals surface area contributed by atoms with Crippen LogP contribution in [0.4, 0.5) is 0 Å². The third kappa shape index (κ3) is 4.64. The molecule has 1 aliphatic rings. The molecule has 4 nitrogen and oxygen atoms in total. The van der Waals surface area contributed by atoms with Gasteiger partial charge < -0.3 is 15.4 Å². The van der Waals surface area contributed by atoms with Gasteiger partial charge in [0.05, 0.1) is 6.61 Å². The summed E-state index contributed by atoms with van der Waals surface area (Å²) in [7, 11) is 0. The highest BCUT2D eigenvalue weighted by atomic mass is 16.5. The molecule has 100 valence electrons. The van der Waals surface area contributed by atoms with E-state index in [1.165, 1.54) is 19.3 Å². The van der Waals surface area contributed by atoms with E-state index in [-0.39, 0.29) is 18.1 Å². The van der Waals surface area contributed by atoms with Crippen LogP contribution in [0, 0.1) is 0 Å². The first-order chi connectivity index (χ1) is 8.11. The van der Waals surface area contributed by atoms with Gasteiger partial charge in [-0.3, -0.25) is 4.79 Å². The molecule has 1 saturated carbocycles. The summed E-state index contributed by atoms with van der Waals surface area (Å²) < 4.78 is 5.51. The Kier molecular flexibility index (Phi) is 5.92. The summed E-state index contributed by atoms with van der Waals surface area (Å²) in [6.07, 6.45) is 5.68. The lowest BCUT2D eigenvalue weighted by atomic mass is 9.83. The average molecular weight is 242 g/mol. The van der Waals surface area contributed by atoms with E-state index in [2.05, 4.69) is 0 Å². The molecular formula is C13H26N2O2. The molecule has 0 aromatic carbocycles. The Morgan fingerprint density at radius 1 is 1.24 bits per heavy atom. The Hall–Kier alpha value is -0.610. The van der Waals surface area contributed by atoms with Gasteiger partial charge in [-0.05, 0) is 26.7 Å². The van der Waals surface area contributed by atoms with Crippen molar-refractivity contribution in [3.8, 4) is 0 Å². The third-order valence-electron chi connectivity index (χ3n) is 3.58. The number of nitrogens with zero attached hydrogens (tertiary/aromatic N) is 1. The zero-order chi connectivity index (χ0) is 12.7. The first-order valence-electron chi connectivity index (χ1n) is 6.75. The van der Waals surface area contributed by atoms with E-state index >= 15 is 0 Å². The lowest BCUT2D eigenvalue weighted by molar-refractivity contribution is -0.136. The van der Waals surface area contributed by atoms with E-state index in [1.54, 1.807) is 4.90 Å². The minimum absolute atomic E-state index is 0.0643. The summed E-state index contributed by atoms with van der Waals surface area (Å²) >= 11 is 0. The molecule has 0 spiro atoms. The highest BCUT2D eigenvalue weighted by Gasteiger charge is 2.27. The smallest absolute Gasteiger partial charge is 0.248 e. The van der Waals surface area contributed by atoms with Crippen molar-refractivity contribution in [1.82, 2.24) is 4.90 Å².